The molecule has 0 unspecified atom stereocenters. The van der Waals surface area contributed by atoms with Crippen molar-refractivity contribution in [2.24, 2.45) is 5.73 Å². The largest absolute Gasteiger partial charge is 0.396 e. The van der Waals surface area contributed by atoms with Crippen LogP contribution in [0.15, 0.2) is 24.3 Å². The van der Waals surface area contributed by atoms with E-state index in [1.165, 1.54) is 5.56 Å². The van der Waals surface area contributed by atoms with E-state index in [9.17, 15) is 0 Å². The van der Waals surface area contributed by atoms with Crippen LogP contribution in [0.1, 0.15) is 50.8 Å². The highest BCUT2D eigenvalue weighted by Gasteiger charge is 2.13. The zero-order chi connectivity index (χ0) is 12.2. The molecule has 90 valence electrons. The number of aliphatic hydroxyl groups excluding tert-OH is 1. The topological polar surface area (TPSA) is 46.2 Å². The first-order valence-electron chi connectivity index (χ1n) is 5.92. The minimum atomic E-state index is 0.0427. The van der Waals surface area contributed by atoms with Crippen molar-refractivity contribution in [3.05, 3.63) is 35.4 Å². The van der Waals surface area contributed by atoms with Crippen molar-refractivity contribution in [3.8, 4) is 0 Å². The smallest absolute Gasteiger partial charge is 0.0431 e. The maximum atomic E-state index is 8.76. The maximum absolute atomic E-state index is 8.76. The number of nitrogens with two attached hydrogens (primary N) is 1. The van der Waals surface area contributed by atoms with Crippen molar-refractivity contribution in [3.63, 3.8) is 0 Å². The van der Waals surface area contributed by atoms with Gasteiger partial charge in [-0.15, -0.1) is 0 Å². The van der Waals surface area contributed by atoms with Crippen LogP contribution in [0, 0.1) is 0 Å². The molecule has 1 rings (SSSR count). The molecule has 16 heavy (non-hydrogen) atoms. The molecule has 2 nitrogen and oxygen atoms in total. The third-order valence-electron chi connectivity index (χ3n) is 2.88. The number of aliphatic hydroxyl groups is 1. The molecule has 0 radical (unpaired) electrons. The molecular formula is C14H23NO. The van der Waals surface area contributed by atoms with Gasteiger partial charge < -0.3 is 10.8 Å². The van der Waals surface area contributed by atoms with Gasteiger partial charge in [0.25, 0.3) is 0 Å². The standard InChI is InChI=1S/C14H23NO/c1-14(2,3)12-8-6-11(7-9-12)13(15)5-4-10-16/h6-9,13,16H,4-5,10,15H2,1-3H3/t13-/m0/s1. The fourth-order valence-corrected chi connectivity index (χ4v) is 1.71. The van der Waals surface area contributed by atoms with E-state index >= 15 is 0 Å². The lowest BCUT2D eigenvalue weighted by atomic mass is 9.86. The van der Waals surface area contributed by atoms with E-state index in [2.05, 4.69) is 45.0 Å². The van der Waals surface area contributed by atoms with Gasteiger partial charge >= 0.3 is 0 Å². The Morgan fingerprint density at radius 2 is 1.75 bits per heavy atom. The van der Waals surface area contributed by atoms with Gasteiger partial charge in [0.2, 0.25) is 0 Å². The Labute approximate surface area is 98.5 Å². The highest BCUT2D eigenvalue weighted by Crippen LogP contribution is 2.24. The Balaban J connectivity index is 2.71. The highest BCUT2D eigenvalue weighted by atomic mass is 16.2. The zero-order valence-electron chi connectivity index (χ0n) is 10.5. The van der Waals surface area contributed by atoms with Gasteiger partial charge in [-0.05, 0) is 29.4 Å². The molecule has 0 saturated carbocycles. The lowest BCUT2D eigenvalue weighted by Crippen LogP contribution is -2.13. The molecule has 0 aromatic heterocycles. The summed E-state index contributed by atoms with van der Waals surface area (Å²) in [7, 11) is 0. The van der Waals surface area contributed by atoms with E-state index in [0.29, 0.717) is 0 Å². The molecule has 1 aromatic carbocycles. The Morgan fingerprint density at radius 3 is 2.19 bits per heavy atom. The third kappa shape index (κ3) is 3.62. The minimum absolute atomic E-state index is 0.0427. The van der Waals surface area contributed by atoms with Gasteiger partial charge in [-0.3, -0.25) is 0 Å². The molecule has 0 aliphatic heterocycles. The predicted octanol–water partition coefficient (Wildman–Crippen LogP) is 2.76. The third-order valence-corrected chi connectivity index (χ3v) is 2.88. The van der Waals surface area contributed by atoms with Crippen LogP contribution in [0.4, 0.5) is 0 Å². The molecule has 0 amide bonds. The predicted molar refractivity (Wildman–Crippen MR) is 68.4 cm³/mol. The van der Waals surface area contributed by atoms with Crippen LogP contribution < -0.4 is 5.73 Å². The van der Waals surface area contributed by atoms with Crippen molar-refractivity contribution in [1.29, 1.82) is 0 Å². The summed E-state index contributed by atoms with van der Waals surface area (Å²) in [5.74, 6) is 0. The number of hydrogen-bond acceptors (Lipinski definition) is 2. The van der Waals surface area contributed by atoms with Crippen molar-refractivity contribution in [1.82, 2.24) is 0 Å². The van der Waals surface area contributed by atoms with Gasteiger partial charge in [0, 0.05) is 12.6 Å². The van der Waals surface area contributed by atoms with E-state index in [1.807, 2.05) is 0 Å². The fourth-order valence-electron chi connectivity index (χ4n) is 1.71. The van der Waals surface area contributed by atoms with Crippen LogP contribution in [0.5, 0.6) is 0 Å². The Morgan fingerprint density at radius 1 is 1.19 bits per heavy atom. The average molecular weight is 221 g/mol. The molecule has 0 fully saturated rings. The quantitative estimate of drug-likeness (QED) is 0.821. The van der Waals surface area contributed by atoms with Crippen LogP contribution in [0.3, 0.4) is 0 Å². The molecule has 0 heterocycles. The molecule has 1 atom stereocenters. The minimum Gasteiger partial charge on any atom is -0.396 e. The summed E-state index contributed by atoms with van der Waals surface area (Å²) in [6.45, 7) is 6.82. The first-order valence-corrected chi connectivity index (χ1v) is 5.92. The number of hydrogen-bond donors (Lipinski definition) is 2. The van der Waals surface area contributed by atoms with Crippen molar-refractivity contribution in [2.75, 3.05) is 6.61 Å². The maximum Gasteiger partial charge on any atom is 0.0431 e. The highest BCUT2D eigenvalue weighted by molar-refractivity contribution is 5.29. The summed E-state index contributed by atoms with van der Waals surface area (Å²) in [6, 6.07) is 8.54. The second-order valence-corrected chi connectivity index (χ2v) is 5.34. The molecule has 0 aliphatic rings. The van der Waals surface area contributed by atoms with Crippen LogP contribution >= 0.6 is 0 Å². The summed E-state index contributed by atoms with van der Waals surface area (Å²) in [4.78, 5) is 0. The zero-order valence-corrected chi connectivity index (χ0v) is 10.5. The Bertz CT molecular complexity index is 311. The van der Waals surface area contributed by atoms with Crippen LogP contribution in [-0.2, 0) is 5.41 Å². The van der Waals surface area contributed by atoms with E-state index in [0.717, 1.165) is 18.4 Å². The summed E-state index contributed by atoms with van der Waals surface area (Å²) in [5.41, 5.74) is 8.70. The van der Waals surface area contributed by atoms with Crippen LogP contribution in [0.2, 0.25) is 0 Å². The lowest BCUT2D eigenvalue weighted by molar-refractivity contribution is 0.280. The Kier molecular flexibility index (Phi) is 4.51. The lowest BCUT2D eigenvalue weighted by Gasteiger charge is -2.20. The van der Waals surface area contributed by atoms with Gasteiger partial charge in [0.15, 0.2) is 0 Å². The molecule has 0 saturated heterocycles. The van der Waals surface area contributed by atoms with E-state index in [-0.39, 0.29) is 18.1 Å². The monoisotopic (exact) mass is 221 g/mol. The fraction of sp³-hybridized carbons (Fsp3) is 0.571. The van der Waals surface area contributed by atoms with Crippen molar-refractivity contribution >= 4 is 0 Å². The molecule has 2 heteroatoms. The SMILES string of the molecule is CC(C)(C)c1ccc([C@@H](N)CCCO)cc1. The van der Waals surface area contributed by atoms with Gasteiger partial charge in [-0.1, -0.05) is 45.0 Å². The van der Waals surface area contributed by atoms with Gasteiger partial charge in [0.1, 0.15) is 0 Å². The molecule has 0 aliphatic carbocycles. The van der Waals surface area contributed by atoms with E-state index in [4.69, 9.17) is 10.8 Å². The van der Waals surface area contributed by atoms with Gasteiger partial charge in [-0.2, -0.15) is 0 Å². The van der Waals surface area contributed by atoms with Gasteiger partial charge in [0.05, 0.1) is 0 Å². The molecule has 0 spiro atoms. The number of benzene rings is 1. The molecule has 3 N–H and O–H groups in total. The van der Waals surface area contributed by atoms with Crippen molar-refractivity contribution in [2.45, 2.75) is 45.1 Å². The normalized spacial score (nSPS) is 13.8. The van der Waals surface area contributed by atoms with Crippen molar-refractivity contribution < 1.29 is 5.11 Å². The molecular weight excluding hydrogens is 198 g/mol. The summed E-state index contributed by atoms with van der Waals surface area (Å²) >= 11 is 0. The Hall–Kier alpha value is -0.860. The second kappa shape index (κ2) is 5.46. The second-order valence-electron chi connectivity index (χ2n) is 5.34. The summed E-state index contributed by atoms with van der Waals surface area (Å²) < 4.78 is 0. The van der Waals surface area contributed by atoms with E-state index in [1.54, 1.807) is 0 Å². The first kappa shape index (κ1) is 13.2. The molecule has 1 aromatic rings. The number of rotatable bonds is 4. The summed E-state index contributed by atoms with van der Waals surface area (Å²) in [5, 5.41) is 8.76. The van der Waals surface area contributed by atoms with E-state index < -0.39 is 0 Å². The van der Waals surface area contributed by atoms with Crippen LogP contribution in [0.25, 0.3) is 0 Å². The average Bonchev–Trinajstić information content (AvgIpc) is 2.25. The first-order chi connectivity index (χ1) is 7.45. The van der Waals surface area contributed by atoms with Gasteiger partial charge in [-0.25, -0.2) is 0 Å². The molecule has 0 bridgehead atoms. The van der Waals surface area contributed by atoms with Crippen LogP contribution in [-0.4, -0.2) is 11.7 Å². The summed E-state index contributed by atoms with van der Waals surface area (Å²) in [6.07, 6.45) is 1.60.